The van der Waals surface area contributed by atoms with Gasteiger partial charge in [-0.3, -0.25) is 25.0 Å². The smallest absolute Gasteiger partial charge is 0.312 e. The number of nitro benzene ring substituents is 2. The van der Waals surface area contributed by atoms with Crippen molar-refractivity contribution in [2.24, 2.45) is 5.92 Å². The van der Waals surface area contributed by atoms with Crippen LogP contribution in [0.25, 0.3) is 0 Å². The van der Waals surface area contributed by atoms with Crippen molar-refractivity contribution in [2.45, 2.75) is 6.04 Å². The summed E-state index contributed by atoms with van der Waals surface area (Å²) in [4.78, 5) is 32.0. The molecule has 9 nitrogen and oxygen atoms in total. The summed E-state index contributed by atoms with van der Waals surface area (Å²) in [5.41, 5.74) is 0.752. The molecule has 0 aliphatic heterocycles. The van der Waals surface area contributed by atoms with E-state index >= 15 is 0 Å². The maximum atomic E-state index is 11.5. The van der Waals surface area contributed by atoms with Crippen molar-refractivity contribution in [1.82, 2.24) is 0 Å². The highest BCUT2D eigenvalue weighted by atomic mass is 16.6. The van der Waals surface area contributed by atoms with Crippen molar-refractivity contribution in [3.05, 3.63) is 87.0 Å². The van der Waals surface area contributed by atoms with Crippen LogP contribution in [0.3, 0.4) is 0 Å². The van der Waals surface area contributed by atoms with Crippen molar-refractivity contribution in [2.75, 3.05) is 5.32 Å². The SMILES string of the molecule is C=C[C@@H](C(=O)O)[C@H](Nc1ccc([N+](=O)[O-])cc1)c1ccc([N+](=O)[O-])cc1. The molecule has 0 heterocycles. The van der Waals surface area contributed by atoms with Gasteiger partial charge in [-0.15, -0.1) is 6.58 Å². The molecule has 0 unspecified atom stereocenters. The number of carboxylic acids is 1. The van der Waals surface area contributed by atoms with Gasteiger partial charge in [-0.1, -0.05) is 18.2 Å². The van der Waals surface area contributed by atoms with Gasteiger partial charge in [-0.2, -0.15) is 0 Å². The van der Waals surface area contributed by atoms with Crippen molar-refractivity contribution >= 4 is 23.0 Å². The lowest BCUT2D eigenvalue weighted by molar-refractivity contribution is -0.385. The molecule has 0 aliphatic rings. The number of aliphatic carboxylic acids is 1. The van der Waals surface area contributed by atoms with E-state index in [-0.39, 0.29) is 11.4 Å². The summed E-state index contributed by atoms with van der Waals surface area (Å²) < 4.78 is 0. The number of carbonyl (C=O) groups is 1. The Bertz CT molecular complexity index is 833. The largest absolute Gasteiger partial charge is 0.481 e. The van der Waals surface area contributed by atoms with Crippen LogP contribution in [-0.2, 0) is 4.79 Å². The second-order valence-corrected chi connectivity index (χ2v) is 5.37. The van der Waals surface area contributed by atoms with Gasteiger partial charge in [0.05, 0.1) is 21.8 Å². The van der Waals surface area contributed by atoms with Crippen LogP contribution in [0.1, 0.15) is 11.6 Å². The summed E-state index contributed by atoms with van der Waals surface area (Å²) in [6, 6.07) is 10.2. The van der Waals surface area contributed by atoms with E-state index in [0.29, 0.717) is 11.3 Å². The number of benzene rings is 2. The van der Waals surface area contributed by atoms with E-state index in [1.807, 2.05) is 0 Å². The number of anilines is 1. The quantitative estimate of drug-likeness (QED) is 0.419. The molecule has 0 saturated heterocycles. The predicted octanol–water partition coefficient (Wildman–Crippen LogP) is 3.54. The first-order chi connectivity index (χ1) is 12.3. The van der Waals surface area contributed by atoms with Gasteiger partial charge in [0.1, 0.15) is 0 Å². The molecule has 0 amide bonds. The number of rotatable bonds is 8. The minimum absolute atomic E-state index is 0.0964. The van der Waals surface area contributed by atoms with Crippen LogP contribution in [0, 0.1) is 26.1 Å². The molecule has 0 radical (unpaired) electrons. The Morgan fingerprint density at radius 1 is 1.00 bits per heavy atom. The van der Waals surface area contributed by atoms with Gasteiger partial charge < -0.3 is 10.4 Å². The van der Waals surface area contributed by atoms with E-state index in [4.69, 9.17) is 0 Å². The second kappa shape index (κ2) is 7.88. The van der Waals surface area contributed by atoms with Crippen LogP contribution in [-0.4, -0.2) is 20.9 Å². The number of nitrogens with zero attached hydrogens (tertiary/aromatic N) is 2. The molecule has 0 aromatic heterocycles. The summed E-state index contributed by atoms with van der Waals surface area (Å²) in [7, 11) is 0. The van der Waals surface area contributed by atoms with E-state index in [0.717, 1.165) is 0 Å². The van der Waals surface area contributed by atoms with Crippen molar-refractivity contribution in [1.29, 1.82) is 0 Å². The Balaban J connectivity index is 2.37. The third kappa shape index (κ3) is 4.20. The molecule has 9 heteroatoms. The lowest BCUT2D eigenvalue weighted by Crippen LogP contribution is -2.26. The zero-order valence-corrected chi connectivity index (χ0v) is 13.4. The van der Waals surface area contributed by atoms with Crippen LogP contribution in [0.2, 0.25) is 0 Å². The lowest BCUT2D eigenvalue weighted by Gasteiger charge is -2.24. The second-order valence-electron chi connectivity index (χ2n) is 5.37. The highest BCUT2D eigenvalue weighted by Crippen LogP contribution is 2.30. The molecular formula is C17H15N3O6. The molecule has 2 atom stereocenters. The summed E-state index contributed by atoms with van der Waals surface area (Å²) in [6.07, 6.45) is 1.26. The number of hydrogen-bond acceptors (Lipinski definition) is 6. The van der Waals surface area contributed by atoms with Gasteiger partial charge in [0, 0.05) is 30.0 Å². The van der Waals surface area contributed by atoms with Crippen molar-refractivity contribution in [3.63, 3.8) is 0 Å². The zero-order valence-electron chi connectivity index (χ0n) is 13.4. The first kappa shape index (κ1) is 18.6. The molecular weight excluding hydrogens is 342 g/mol. The topological polar surface area (TPSA) is 136 Å². The standard InChI is InChI=1S/C17H15N3O6/c1-2-15(17(21)22)16(11-3-7-13(8-4-11)19(23)24)18-12-5-9-14(10-6-12)20(25)26/h2-10,15-16,18H,1H2,(H,21,22)/t15-,16-/m1/s1. The Morgan fingerprint density at radius 3 is 1.85 bits per heavy atom. The fraction of sp³-hybridized carbons (Fsp3) is 0.118. The Labute approximate surface area is 147 Å². The van der Waals surface area contributed by atoms with Gasteiger partial charge in [-0.25, -0.2) is 0 Å². The minimum Gasteiger partial charge on any atom is -0.481 e. The molecule has 0 spiro atoms. The molecule has 2 rings (SSSR count). The molecule has 26 heavy (non-hydrogen) atoms. The first-order valence-corrected chi connectivity index (χ1v) is 7.44. The minimum atomic E-state index is -1.13. The number of hydrogen-bond donors (Lipinski definition) is 2. The number of carboxylic acid groups (broad SMARTS) is 1. The Morgan fingerprint density at radius 2 is 1.46 bits per heavy atom. The third-order valence-corrected chi connectivity index (χ3v) is 3.76. The molecule has 0 fully saturated rings. The maximum absolute atomic E-state index is 11.5. The highest BCUT2D eigenvalue weighted by molar-refractivity contribution is 5.74. The normalized spacial score (nSPS) is 12.6. The molecule has 0 aliphatic carbocycles. The Kier molecular flexibility index (Phi) is 5.63. The van der Waals surface area contributed by atoms with E-state index in [2.05, 4.69) is 11.9 Å². The van der Waals surface area contributed by atoms with Crippen LogP contribution < -0.4 is 5.32 Å². The lowest BCUT2D eigenvalue weighted by atomic mass is 9.92. The van der Waals surface area contributed by atoms with Crippen molar-refractivity contribution < 1.29 is 19.7 Å². The van der Waals surface area contributed by atoms with E-state index in [1.54, 1.807) is 0 Å². The van der Waals surface area contributed by atoms with Gasteiger partial charge in [-0.05, 0) is 17.7 Å². The van der Waals surface area contributed by atoms with Gasteiger partial charge in [0.2, 0.25) is 0 Å². The summed E-state index contributed by atoms with van der Waals surface area (Å²) >= 11 is 0. The van der Waals surface area contributed by atoms with Gasteiger partial charge >= 0.3 is 5.97 Å². The van der Waals surface area contributed by atoms with E-state index in [9.17, 15) is 30.1 Å². The van der Waals surface area contributed by atoms with E-state index in [1.165, 1.54) is 54.6 Å². The average molecular weight is 357 g/mol. The number of nitro groups is 2. The molecule has 2 aromatic carbocycles. The monoisotopic (exact) mass is 357 g/mol. The van der Waals surface area contributed by atoms with Crippen LogP contribution in [0.15, 0.2) is 61.2 Å². The molecule has 2 N–H and O–H groups in total. The van der Waals surface area contributed by atoms with E-state index < -0.39 is 27.8 Å². The zero-order chi connectivity index (χ0) is 19.3. The molecule has 0 saturated carbocycles. The molecule has 2 aromatic rings. The highest BCUT2D eigenvalue weighted by Gasteiger charge is 2.27. The maximum Gasteiger partial charge on any atom is 0.312 e. The van der Waals surface area contributed by atoms with Crippen LogP contribution in [0.4, 0.5) is 17.1 Å². The Hall–Kier alpha value is -3.75. The first-order valence-electron chi connectivity index (χ1n) is 7.44. The summed E-state index contributed by atoms with van der Waals surface area (Å²) in [6.45, 7) is 3.54. The number of nitrogens with one attached hydrogen (secondary N) is 1. The summed E-state index contributed by atoms with van der Waals surface area (Å²) in [5, 5.41) is 33.9. The summed E-state index contributed by atoms with van der Waals surface area (Å²) in [5.74, 6) is -2.15. The number of non-ortho nitro benzene ring substituents is 2. The van der Waals surface area contributed by atoms with Crippen LogP contribution in [0.5, 0.6) is 0 Å². The molecule has 134 valence electrons. The molecule has 0 bridgehead atoms. The van der Waals surface area contributed by atoms with Crippen LogP contribution >= 0.6 is 0 Å². The van der Waals surface area contributed by atoms with Gasteiger partial charge in [0.15, 0.2) is 0 Å². The third-order valence-electron chi connectivity index (χ3n) is 3.76. The van der Waals surface area contributed by atoms with Gasteiger partial charge in [0.25, 0.3) is 11.4 Å². The van der Waals surface area contributed by atoms with Crippen molar-refractivity contribution in [3.8, 4) is 0 Å². The fourth-order valence-corrected chi connectivity index (χ4v) is 2.42. The fourth-order valence-electron chi connectivity index (χ4n) is 2.42. The average Bonchev–Trinajstić information content (AvgIpc) is 2.61. The predicted molar refractivity (Wildman–Crippen MR) is 93.9 cm³/mol.